The van der Waals surface area contributed by atoms with Crippen molar-refractivity contribution in [3.63, 3.8) is 0 Å². The third-order valence-electron chi connectivity index (χ3n) is 7.27. The van der Waals surface area contributed by atoms with E-state index in [2.05, 4.69) is 47.4 Å². The molecule has 1 N–H and O–H groups in total. The van der Waals surface area contributed by atoms with Gasteiger partial charge in [-0.2, -0.15) is 0 Å². The Morgan fingerprint density at radius 3 is 2.54 bits per heavy atom. The van der Waals surface area contributed by atoms with Crippen LogP contribution in [0.1, 0.15) is 47.1 Å². The highest BCUT2D eigenvalue weighted by Gasteiger charge is 2.43. The summed E-state index contributed by atoms with van der Waals surface area (Å²) in [6, 6.07) is 26.7. The van der Waals surface area contributed by atoms with E-state index < -0.39 is 11.5 Å². The Morgan fingerprint density at radius 1 is 1.05 bits per heavy atom. The van der Waals surface area contributed by atoms with E-state index in [0.717, 1.165) is 39.4 Å². The maximum Gasteiger partial charge on any atom is 0.216 e. The zero-order valence-corrected chi connectivity index (χ0v) is 21.7. The lowest BCUT2D eigenvalue weighted by Crippen LogP contribution is -2.38. The molecule has 0 fully saturated rings. The molecule has 190 valence electrons. The molecule has 0 saturated carbocycles. The van der Waals surface area contributed by atoms with Crippen LogP contribution in [-0.4, -0.2) is 42.7 Å². The summed E-state index contributed by atoms with van der Waals surface area (Å²) >= 11 is 0. The molecule has 1 aromatic heterocycles. The molecule has 1 aliphatic heterocycles. The largest absolute Gasteiger partial charge is 0.493 e. The normalized spacial score (nSPS) is 17.5. The number of hydrogen-bond donors (Lipinski definition) is 1. The van der Waals surface area contributed by atoms with Crippen LogP contribution in [-0.2, 0) is 10.3 Å². The lowest BCUT2D eigenvalue weighted by atomic mass is 9.70. The number of ether oxygens (including phenoxy) is 2. The molecule has 37 heavy (non-hydrogen) atoms. The summed E-state index contributed by atoms with van der Waals surface area (Å²) < 4.78 is 11.6. The van der Waals surface area contributed by atoms with Gasteiger partial charge in [0.25, 0.3) is 0 Å². The van der Waals surface area contributed by atoms with Crippen LogP contribution in [0.5, 0.6) is 5.88 Å². The highest BCUT2D eigenvalue weighted by molar-refractivity contribution is 5.86. The standard InChI is InChI=1S/C32H34N2O3/c1-34(2)19-18-32(35,28-16-9-14-23-11-7-8-15-26(23)28)30(24-12-5-4-6-13-24)27-21-25(22-33-31(27)36-3)29-17-10-20-37-29/h4-16,20-22,29-30,35H,17-19H2,1-3H3. The smallest absolute Gasteiger partial charge is 0.216 e. The summed E-state index contributed by atoms with van der Waals surface area (Å²) in [7, 11) is 5.71. The third kappa shape index (κ3) is 4.97. The molecule has 5 rings (SSSR count). The zero-order valence-electron chi connectivity index (χ0n) is 21.7. The van der Waals surface area contributed by atoms with Crippen LogP contribution in [0, 0.1) is 0 Å². The summed E-state index contributed by atoms with van der Waals surface area (Å²) in [6.45, 7) is 0.703. The molecule has 0 bridgehead atoms. The molecule has 0 saturated heterocycles. The average molecular weight is 495 g/mol. The second-order valence-electron chi connectivity index (χ2n) is 9.95. The monoisotopic (exact) mass is 494 g/mol. The Hall–Kier alpha value is -3.67. The second-order valence-corrected chi connectivity index (χ2v) is 9.95. The van der Waals surface area contributed by atoms with Crippen LogP contribution in [0.2, 0.25) is 0 Å². The molecule has 0 amide bonds. The van der Waals surface area contributed by atoms with E-state index in [4.69, 9.17) is 14.5 Å². The van der Waals surface area contributed by atoms with Crippen molar-refractivity contribution in [1.29, 1.82) is 0 Å². The summed E-state index contributed by atoms with van der Waals surface area (Å²) in [5.41, 5.74) is 2.45. The number of fused-ring (bicyclic) bond motifs is 1. The van der Waals surface area contributed by atoms with Crippen LogP contribution >= 0.6 is 0 Å². The van der Waals surface area contributed by atoms with Crippen LogP contribution < -0.4 is 4.74 Å². The first-order valence-corrected chi connectivity index (χ1v) is 12.8. The van der Waals surface area contributed by atoms with Gasteiger partial charge >= 0.3 is 0 Å². The number of hydrogen-bond acceptors (Lipinski definition) is 5. The topological polar surface area (TPSA) is 54.8 Å². The summed E-state index contributed by atoms with van der Waals surface area (Å²) in [4.78, 5) is 6.81. The first kappa shape index (κ1) is 25.0. The van der Waals surface area contributed by atoms with E-state index in [1.54, 1.807) is 13.4 Å². The van der Waals surface area contributed by atoms with Crippen molar-refractivity contribution < 1.29 is 14.6 Å². The van der Waals surface area contributed by atoms with Crippen LogP contribution in [0.4, 0.5) is 0 Å². The number of pyridine rings is 1. The van der Waals surface area contributed by atoms with Crippen molar-refractivity contribution in [3.8, 4) is 5.88 Å². The van der Waals surface area contributed by atoms with Gasteiger partial charge in [0, 0.05) is 36.2 Å². The van der Waals surface area contributed by atoms with Gasteiger partial charge in [-0.25, -0.2) is 4.98 Å². The van der Waals surface area contributed by atoms with Gasteiger partial charge in [-0.3, -0.25) is 0 Å². The molecule has 3 unspecified atom stereocenters. The molecule has 5 heteroatoms. The van der Waals surface area contributed by atoms with Crippen LogP contribution in [0.15, 0.2) is 97.4 Å². The molecule has 4 aromatic rings. The van der Waals surface area contributed by atoms with Gasteiger partial charge in [-0.1, -0.05) is 72.8 Å². The minimum absolute atomic E-state index is 0.0963. The van der Waals surface area contributed by atoms with Crippen molar-refractivity contribution in [1.82, 2.24) is 9.88 Å². The Balaban J connectivity index is 1.77. The van der Waals surface area contributed by atoms with Crippen molar-refractivity contribution in [2.45, 2.75) is 30.5 Å². The Labute approximate surface area is 219 Å². The van der Waals surface area contributed by atoms with Crippen LogP contribution in [0.25, 0.3) is 10.8 Å². The van der Waals surface area contributed by atoms with Gasteiger partial charge < -0.3 is 19.5 Å². The number of benzene rings is 3. The molecule has 5 nitrogen and oxygen atoms in total. The number of methoxy groups -OCH3 is 1. The maximum absolute atomic E-state index is 13.0. The number of aliphatic hydroxyl groups is 1. The Kier molecular flexibility index (Phi) is 7.26. The van der Waals surface area contributed by atoms with Gasteiger partial charge in [0.1, 0.15) is 11.7 Å². The average Bonchev–Trinajstić information content (AvgIpc) is 3.47. The first-order chi connectivity index (χ1) is 18.0. The molecular formula is C32H34N2O3. The molecule has 1 aliphatic rings. The predicted octanol–water partition coefficient (Wildman–Crippen LogP) is 6.19. The molecule has 0 radical (unpaired) electrons. The summed E-state index contributed by atoms with van der Waals surface area (Å²) in [5.74, 6) is 0.0725. The van der Waals surface area contributed by atoms with Gasteiger partial charge in [-0.15, -0.1) is 0 Å². The molecule has 3 aromatic carbocycles. The summed E-state index contributed by atoms with van der Waals surface area (Å²) in [6.07, 6.45) is 6.79. The fourth-order valence-corrected chi connectivity index (χ4v) is 5.43. The lowest BCUT2D eigenvalue weighted by Gasteiger charge is -2.39. The van der Waals surface area contributed by atoms with E-state index in [1.165, 1.54) is 0 Å². The Bertz CT molecular complexity index is 1370. The molecule has 2 heterocycles. The fraction of sp³-hybridized carbons (Fsp3) is 0.281. The molecule has 3 atom stereocenters. The van der Waals surface area contributed by atoms with Crippen molar-refractivity contribution in [2.75, 3.05) is 27.7 Å². The molecule has 0 spiro atoms. The quantitative estimate of drug-likeness (QED) is 0.301. The number of aromatic nitrogens is 1. The number of rotatable bonds is 9. The highest BCUT2D eigenvalue weighted by atomic mass is 16.5. The predicted molar refractivity (Wildman–Crippen MR) is 148 cm³/mol. The summed E-state index contributed by atoms with van der Waals surface area (Å²) in [5, 5.41) is 15.2. The van der Waals surface area contributed by atoms with Crippen molar-refractivity contribution in [2.24, 2.45) is 0 Å². The fourth-order valence-electron chi connectivity index (χ4n) is 5.43. The van der Waals surface area contributed by atoms with Gasteiger partial charge in [-0.05, 0) is 54.6 Å². The van der Waals surface area contributed by atoms with Crippen molar-refractivity contribution >= 4 is 10.8 Å². The zero-order chi connectivity index (χ0) is 25.8. The van der Waals surface area contributed by atoms with E-state index in [-0.39, 0.29) is 6.10 Å². The second kappa shape index (κ2) is 10.8. The highest BCUT2D eigenvalue weighted by Crippen LogP contribution is 2.49. The van der Waals surface area contributed by atoms with E-state index >= 15 is 0 Å². The van der Waals surface area contributed by atoms with Crippen molar-refractivity contribution in [3.05, 3.63) is 120 Å². The van der Waals surface area contributed by atoms with E-state index in [1.807, 2.05) is 62.8 Å². The Morgan fingerprint density at radius 2 is 1.81 bits per heavy atom. The van der Waals surface area contributed by atoms with Gasteiger partial charge in [0.2, 0.25) is 5.88 Å². The lowest BCUT2D eigenvalue weighted by molar-refractivity contribution is 0.00507. The van der Waals surface area contributed by atoms with Gasteiger partial charge in [0.05, 0.1) is 13.4 Å². The van der Waals surface area contributed by atoms with Crippen LogP contribution in [0.3, 0.4) is 0 Å². The van der Waals surface area contributed by atoms with Gasteiger partial charge in [0.15, 0.2) is 0 Å². The minimum atomic E-state index is -1.26. The minimum Gasteiger partial charge on any atom is -0.493 e. The first-order valence-electron chi connectivity index (χ1n) is 12.8. The van der Waals surface area contributed by atoms with E-state index in [9.17, 15) is 5.11 Å². The van der Waals surface area contributed by atoms with E-state index in [0.29, 0.717) is 18.8 Å². The maximum atomic E-state index is 13.0. The molecule has 0 aliphatic carbocycles. The third-order valence-corrected chi connectivity index (χ3v) is 7.27. The SMILES string of the molecule is COc1ncc(C2CC=CO2)cc1C(c1ccccc1)C(O)(CCN(C)C)c1cccc2ccccc12. The molecular weight excluding hydrogens is 460 g/mol. The number of nitrogens with zero attached hydrogens (tertiary/aromatic N) is 2.